The van der Waals surface area contributed by atoms with Crippen molar-refractivity contribution in [3.63, 3.8) is 0 Å². The Hall–Kier alpha value is -0.940. The second-order valence-corrected chi connectivity index (χ2v) is 5.92. The SMILES string of the molecule is CCN1CCCC(Cc2nc3n(n2)CCC(O)C3)C1. The minimum Gasteiger partial charge on any atom is -0.393 e. The molecule has 0 saturated carbocycles. The first-order chi connectivity index (χ1) is 9.24. The van der Waals surface area contributed by atoms with Crippen LogP contribution in [0.5, 0.6) is 0 Å². The maximum atomic E-state index is 9.67. The predicted molar refractivity (Wildman–Crippen MR) is 72.9 cm³/mol. The Morgan fingerprint density at radius 1 is 1.32 bits per heavy atom. The number of aliphatic hydroxyl groups excluding tert-OH is 1. The smallest absolute Gasteiger partial charge is 0.151 e. The Morgan fingerprint density at radius 3 is 3.05 bits per heavy atom. The molecule has 0 bridgehead atoms. The predicted octanol–water partition coefficient (Wildman–Crippen LogP) is 0.860. The van der Waals surface area contributed by atoms with Gasteiger partial charge in [-0.3, -0.25) is 0 Å². The second kappa shape index (κ2) is 5.59. The molecular weight excluding hydrogens is 240 g/mol. The fraction of sp³-hybridized carbons (Fsp3) is 0.857. The summed E-state index contributed by atoms with van der Waals surface area (Å²) < 4.78 is 1.99. The van der Waals surface area contributed by atoms with E-state index < -0.39 is 0 Å². The molecule has 1 fully saturated rings. The molecule has 3 rings (SSSR count). The van der Waals surface area contributed by atoms with Crippen molar-refractivity contribution < 1.29 is 5.11 Å². The van der Waals surface area contributed by atoms with E-state index in [2.05, 4.69) is 21.9 Å². The summed E-state index contributed by atoms with van der Waals surface area (Å²) in [5.74, 6) is 2.65. The second-order valence-electron chi connectivity index (χ2n) is 5.92. The Balaban J connectivity index is 1.64. The number of piperidine rings is 1. The third-order valence-corrected chi connectivity index (χ3v) is 4.41. The molecule has 0 spiro atoms. The quantitative estimate of drug-likeness (QED) is 0.880. The normalized spacial score (nSPS) is 28.3. The summed E-state index contributed by atoms with van der Waals surface area (Å²) in [6.07, 6.45) is 4.83. The van der Waals surface area contributed by atoms with Gasteiger partial charge in [0.25, 0.3) is 0 Å². The van der Waals surface area contributed by atoms with Crippen LogP contribution in [0.25, 0.3) is 0 Å². The summed E-state index contributed by atoms with van der Waals surface area (Å²) in [6, 6.07) is 0. The van der Waals surface area contributed by atoms with Gasteiger partial charge in [-0.15, -0.1) is 0 Å². The van der Waals surface area contributed by atoms with E-state index in [0.717, 1.165) is 37.6 Å². The standard InChI is InChI=1S/C14H24N4O/c1-2-17-6-3-4-11(10-17)8-13-15-14-9-12(19)5-7-18(14)16-13/h11-12,19H,2-10H2,1H3. The van der Waals surface area contributed by atoms with E-state index in [1.165, 1.54) is 25.9 Å². The molecular formula is C14H24N4O. The molecule has 2 unspecified atom stereocenters. The molecule has 3 heterocycles. The lowest BCUT2D eigenvalue weighted by atomic mass is 9.94. The molecule has 5 heteroatoms. The highest BCUT2D eigenvalue weighted by molar-refractivity contribution is 4.99. The summed E-state index contributed by atoms with van der Waals surface area (Å²) in [5.41, 5.74) is 0. The van der Waals surface area contributed by atoms with Gasteiger partial charge in [0, 0.05) is 25.9 Å². The molecule has 0 aliphatic carbocycles. The first-order valence-electron chi connectivity index (χ1n) is 7.57. The van der Waals surface area contributed by atoms with Crippen molar-refractivity contribution in [3.05, 3.63) is 11.6 Å². The van der Waals surface area contributed by atoms with Crippen molar-refractivity contribution in [1.29, 1.82) is 0 Å². The number of rotatable bonds is 3. The number of aromatic nitrogens is 3. The molecule has 0 amide bonds. The molecule has 0 aromatic carbocycles. The number of aryl methyl sites for hydroxylation is 1. The molecule has 1 N–H and O–H groups in total. The van der Waals surface area contributed by atoms with E-state index >= 15 is 0 Å². The molecule has 106 valence electrons. The van der Waals surface area contributed by atoms with Gasteiger partial charge in [-0.05, 0) is 38.3 Å². The molecule has 1 saturated heterocycles. The third-order valence-electron chi connectivity index (χ3n) is 4.41. The van der Waals surface area contributed by atoms with Crippen molar-refractivity contribution in [2.75, 3.05) is 19.6 Å². The van der Waals surface area contributed by atoms with Gasteiger partial charge >= 0.3 is 0 Å². The van der Waals surface area contributed by atoms with Crippen molar-refractivity contribution in [3.8, 4) is 0 Å². The summed E-state index contributed by atoms with van der Waals surface area (Å²) in [6.45, 7) is 6.62. The lowest BCUT2D eigenvalue weighted by Crippen LogP contribution is -2.36. The van der Waals surface area contributed by atoms with Crippen LogP contribution in [-0.2, 0) is 19.4 Å². The summed E-state index contributed by atoms with van der Waals surface area (Å²) in [4.78, 5) is 7.14. The van der Waals surface area contributed by atoms with E-state index in [4.69, 9.17) is 0 Å². The van der Waals surface area contributed by atoms with Gasteiger partial charge in [-0.25, -0.2) is 9.67 Å². The molecule has 1 aromatic rings. The van der Waals surface area contributed by atoms with Crippen LogP contribution in [0, 0.1) is 5.92 Å². The Labute approximate surface area is 114 Å². The van der Waals surface area contributed by atoms with Gasteiger partial charge in [0.2, 0.25) is 0 Å². The van der Waals surface area contributed by atoms with Gasteiger partial charge in [0.1, 0.15) is 5.82 Å². The molecule has 2 atom stereocenters. The van der Waals surface area contributed by atoms with Crippen molar-refractivity contribution in [2.45, 2.75) is 51.7 Å². The van der Waals surface area contributed by atoms with Gasteiger partial charge in [0.15, 0.2) is 5.82 Å². The van der Waals surface area contributed by atoms with Gasteiger partial charge in [0.05, 0.1) is 6.10 Å². The summed E-state index contributed by atoms with van der Waals surface area (Å²) in [7, 11) is 0. The zero-order chi connectivity index (χ0) is 13.2. The fourth-order valence-corrected chi connectivity index (χ4v) is 3.29. The molecule has 19 heavy (non-hydrogen) atoms. The number of nitrogens with zero attached hydrogens (tertiary/aromatic N) is 4. The van der Waals surface area contributed by atoms with Crippen LogP contribution in [0.2, 0.25) is 0 Å². The van der Waals surface area contributed by atoms with Crippen LogP contribution in [0.4, 0.5) is 0 Å². The molecule has 0 radical (unpaired) electrons. The Morgan fingerprint density at radius 2 is 2.21 bits per heavy atom. The van der Waals surface area contributed by atoms with Crippen molar-refractivity contribution >= 4 is 0 Å². The first kappa shape index (κ1) is 13.1. The number of fused-ring (bicyclic) bond motifs is 1. The highest BCUT2D eigenvalue weighted by Crippen LogP contribution is 2.20. The highest BCUT2D eigenvalue weighted by Gasteiger charge is 2.23. The number of aliphatic hydroxyl groups is 1. The lowest BCUT2D eigenvalue weighted by molar-refractivity contribution is 0.138. The van der Waals surface area contributed by atoms with Gasteiger partial charge in [-0.2, -0.15) is 5.10 Å². The monoisotopic (exact) mass is 264 g/mol. The molecule has 5 nitrogen and oxygen atoms in total. The maximum absolute atomic E-state index is 9.67. The average molecular weight is 264 g/mol. The third kappa shape index (κ3) is 2.98. The minimum absolute atomic E-state index is 0.227. The Kier molecular flexibility index (Phi) is 3.84. The maximum Gasteiger partial charge on any atom is 0.151 e. The minimum atomic E-state index is -0.227. The topological polar surface area (TPSA) is 54.2 Å². The Bertz CT molecular complexity index is 431. The summed E-state index contributed by atoms with van der Waals surface area (Å²) >= 11 is 0. The number of hydrogen-bond acceptors (Lipinski definition) is 4. The average Bonchev–Trinajstić information content (AvgIpc) is 2.80. The largest absolute Gasteiger partial charge is 0.393 e. The molecule has 2 aliphatic rings. The van der Waals surface area contributed by atoms with Gasteiger partial charge in [-0.1, -0.05) is 6.92 Å². The fourth-order valence-electron chi connectivity index (χ4n) is 3.29. The van der Waals surface area contributed by atoms with Crippen LogP contribution in [0.15, 0.2) is 0 Å². The van der Waals surface area contributed by atoms with Crippen molar-refractivity contribution in [1.82, 2.24) is 19.7 Å². The first-order valence-corrected chi connectivity index (χ1v) is 7.57. The molecule has 1 aromatic heterocycles. The zero-order valence-corrected chi connectivity index (χ0v) is 11.8. The van der Waals surface area contributed by atoms with Crippen LogP contribution in [-0.4, -0.2) is 50.5 Å². The van der Waals surface area contributed by atoms with E-state index in [1.807, 2.05) is 4.68 Å². The van der Waals surface area contributed by atoms with E-state index in [-0.39, 0.29) is 6.10 Å². The zero-order valence-electron chi connectivity index (χ0n) is 11.8. The number of likely N-dealkylation sites (tertiary alicyclic amines) is 1. The van der Waals surface area contributed by atoms with E-state index in [0.29, 0.717) is 12.3 Å². The number of hydrogen-bond donors (Lipinski definition) is 1. The lowest BCUT2D eigenvalue weighted by Gasteiger charge is -2.31. The highest BCUT2D eigenvalue weighted by atomic mass is 16.3. The van der Waals surface area contributed by atoms with Crippen LogP contribution in [0.1, 0.15) is 37.8 Å². The van der Waals surface area contributed by atoms with Crippen LogP contribution in [0.3, 0.4) is 0 Å². The van der Waals surface area contributed by atoms with Crippen LogP contribution < -0.4 is 0 Å². The van der Waals surface area contributed by atoms with E-state index in [1.54, 1.807) is 0 Å². The van der Waals surface area contributed by atoms with Gasteiger partial charge < -0.3 is 10.0 Å². The van der Waals surface area contributed by atoms with E-state index in [9.17, 15) is 5.11 Å². The van der Waals surface area contributed by atoms with Crippen molar-refractivity contribution in [2.24, 2.45) is 5.92 Å². The summed E-state index contributed by atoms with van der Waals surface area (Å²) in [5, 5.41) is 14.3. The van der Waals surface area contributed by atoms with Crippen LogP contribution >= 0.6 is 0 Å². The molecule has 2 aliphatic heterocycles.